The van der Waals surface area contributed by atoms with E-state index in [4.69, 9.17) is 4.98 Å². The molecule has 1 aromatic carbocycles. The van der Waals surface area contributed by atoms with Crippen LogP contribution in [-0.2, 0) is 11.3 Å². The fourth-order valence-corrected chi connectivity index (χ4v) is 4.49. The van der Waals surface area contributed by atoms with Crippen molar-refractivity contribution in [2.24, 2.45) is 0 Å². The predicted octanol–water partition coefficient (Wildman–Crippen LogP) is 2.77. The minimum Gasteiger partial charge on any atom is -0.480 e. The van der Waals surface area contributed by atoms with Crippen molar-refractivity contribution in [3.63, 3.8) is 0 Å². The summed E-state index contributed by atoms with van der Waals surface area (Å²) in [6, 6.07) is 5.90. The van der Waals surface area contributed by atoms with Crippen LogP contribution < -0.4 is 10.9 Å². The van der Waals surface area contributed by atoms with Crippen molar-refractivity contribution < 1.29 is 9.90 Å². The third-order valence-electron chi connectivity index (χ3n) is 5.13. The highest BCUT2D eigenvalue weighted by molar-refractivity contribution is 9.10. The Kier molecular flexibility index (Phi) is 6.52. The molecule has 7 nitrogen and oxygen atoms in total. The summed E-state index contributed by atoms with van der Waals surface area (Å²) < 4.78 is 2.11. The van der Waals surface area contributed by atoms with E-state index in [1.54, 1.807) is 12.1 Å². The van der Waals surface area contributed by atoms with Crippen molar-refractivity contribution in [3.8, 4) is 0 Å². The number of rotatable bonds is 6. The predicted molar refractivity (Wildman–Crippen MR) is 113 cm³/mol. The number of carboxylic acids is 1. The summed E-state index contributed by atoms with van der Waals surface area (Å²) in [7, 11) is 0. The quantitative estimate of drug-likeness (QED) is 0.703. The van der Waals surface area contributed by atoms with Gasteiger partial charge in [0.15, 0.2) is 0 Å². The minimum atomic E-state index is -1.04. The van der Waals surface area contributed by atoms with Crippen LogP contribution in [0.1, 0.15) is 45.5 Å². The van der Waals surface area contributed by atoms with Crippen LogP contribution in [0, 0.1) is 0 Å². The van der Waals surface area contributed by atoms with Gasteiger partial charge >= 0.3 is 5.97 Å². The highest BCUT2D eigenvalue weighted by Gasteiger charge is 2.31. The Morgan fingerprint density at radius 1 is 1.36 bits per heavy atom. The molecule has 8 heteroatoms. The second kappa shape index (κ2) is 8.71. The molecule has 2 N–H and O–H groups in total. The lowest BCUT2D eigenvalue weighted by atomic mass is 10.0. The van der Waals surface area contributed by atoms with Crippen LogP contribution >= 0.6 is 15.9 Å². The number of piperazine rings is 1. The summed E-state index contributed by atoms with van der Waals surface area (Å²) in [4.78, 5) is 31.8. The molecule has 2 aromatic rings. The van der Waals surface area contributed by atoms with Gasteiger partial charge in [-0.3, -0.25) is 19.1 Å². The monoisotopic (exact) mass is 450 g/mol. The smallest absolute Gasteiger partial charge is 0.323 e. The summed E-state index contributed by atoms with van der Waals surface area (Å²) in [5, 5.41) is 13.4. The van der Waals surface area contributed by atoms with Gasteiger partial charge in [-0.15, -0.1) is 0 Å². The van der Waals surface area contributed by atoms with Gasteiger partial charge in [0.25, 0.3) is 5.56 Å². The number of fused-ring (bicyclic) bond motifs is 1. The van der Waals surface area contributed by atoms with Gasteiger partial charge < -0.3 is 10.4 Å². The second-order valence-corrected chi connectivity index (χ2v) is 8.56. The SMILES string of the molecule is CCCC(c1nc2ccc(Br)cc2c(=O)n1CC(=O)O)N1C[C@@H](C)N[C@@H](C)C1. The Labute approximate surface area is 172 Å². The van der Waals surface area contributed by atoms with E-state index in [2.05, 4.69) is 46.9 Å². The molecule has 1 saturated heterocycles. The molecule has 1 unspecified atom stereocenters. The van der Waals surface area contributed by atoms with E-state index in [0.29, 0.717) is 28.8 Å². The molecular weight excluding hydrogens is 424 g/mol. The maximum atomic E-state index is 13.2. The summed E-state index contributed by atoms with van der Waals surface area (Å²) in [5.41, 5.74) is 0.295. The molecule has 0 radical (unpaired) electrons. The Morgan fingerprint density at radius 2 is 2.04 bits per heavy atom. The Bertz CT molecular complexity index is 920. The normalized spacial score (nSPS) is 21.7. The van der Waals surface area contributed by atoms with Gasteiger partial charge in [0.05, 0.1) is 16.9 Å². The Hall–Kier alpha value is -1.77. The fraction of sp³-hybridized carbons (Fsp3) is 0.550. The number of hydrogen-bond acceptors (Lipinski definition) is 5. The number of carbonyl (C=O) groups is 1. The molecular formula is C20H27BrN4O3. The average Bonchev–Trinajstić information content (AvgIpc) is 2.61. The largest absolute Gasteiger partial charge is 0.480 e. The van der Waals surface area contributed by atoms with E-state index < -0.39 is 5.97 Å². The molecule has 0 saturated carbocycles. The lowest BCUT2D eigenvalue weighted by Gasteiger charge is -2.41. The number of carboxylic acid groups (broad SMARTS) is 1. The van der Waals surface area contributed by atoms with Crippen molar-refractivity contribution in [1.29, 1.82) is 0 Å². The molecule has 3 rings (SSSR count). The van der Waals surface area contributed by atoms with Crippen molar-refractivity contribution in [2.45, 2.75) is 58.3 Å². The van der Waals surface area contributed by atoms with Gasteiger partial charge in [-0.2, -0.15) is 0 Å². The van der Waals surface area contributed by atoms with Gasteiger partial charge in [-0.25, -0.2) is 4.98 Å². The number of nitrogens with one attached hydrogen (secondary N) is 1. The first-order valence-corrected chi connectivity index (χ1v) is 10.5. The molecule has 1 aliphatic rings. The highest BCUT2D eigenvalue weighted by Crippen LogP contribution is 2.27. The van der Waals surface area contributed by atoms with Crippen LogP contribution in [0.15, 0.2) is 27.5 Å². The molecule has 2 heterocycles. The van der Waals surface area contributed by atoms with Crippen LogP contribution in [0.2, 0.25) is 0 Å². The third-order valence-corrected chi connectivity index (χ3v) is 5.62. The van der Waals surface area contributed by atoms with E-state index in [0.717, 1.165) is 30.4 Å². The van der Waals surface area contributed by atoms with E-state index in [1.165, 1.54) is 4.57 Å². The summed E-state index contributed by atoms with van der Waals surface area (Å²) >= 11 is 3.38. The summed E-state index contributed by atoms with van der Waals surface area (Å²) in [6.07, 6.45) is 1.73. The standard InChI is InChI=1S/C20H27BrN4O3/c1-4-5-17(24-9-12(2)22-13(3)10-24)19-23-16-7-6-14(21)8-15(16)20(28)25(19)11-18(26)27/h6-8,12-13,17,22H,4-5,9-11H2,1-3H3,(H,26,27)/t12-,13+,17?. The van der Waals surface area contributed by atoms with Crippen molar-refractivity contribution in [3.05, 3.63) is 38.9 Å². The lowest BCUT2D eigenvalue weighted by molar-refractivity contribution is -0.137. The number of benzene rings is 1. The Morgan fingerprint density at radius 3 is 2.64 bits per heavy atom. The van der Waals surface area contributed by atoms with Crippen molar-refractivity contribution >= 4 is 32.8 Å². The van der Waals surface area contributed by atoms with Crippen molar-refractivity contribution in [2.75, 3.05) is 13.1 Å². The average molecular weight is 451 g/mol. The van der Waals surface area contributed by atoms with Crippen LogP contribution in [0.5, 0.6) is 0 Å². The number of halogens is 1. The molecule has 0 aliphatic carbocycles. The zero-order valence-corrected chi connectivity index (χ0v) is 18.1. The summed E-state index contributed by atoms with van der Waals surface area (Å²) in [5.74, 6) is -0.498. The van der Waals surface area contributed by atoms with Gasteiger partial charge in [0.2, 0.25) is 0 Å². The number of nitrogens with zero attached hydrogens (tertiary/aromatic N) is 3. The molecule has 1 aliphatic heterocycles. The first-order valence-electron chi connectivity index (χ1n) is 9.72. The van der Waals surface area contributed by atoms with E-state index in [1.807, 2.05) is 6.07 Å². The van der Waals surface area contributed by atoms with Crippen LogP contribution in [0.4, 0.5) is 0 Å². The van der Waals surface area contributed by atoms with Crippen LogP contribution in [-0.4, -0.2) is 50.7 Å². The third kappa shape index (κ3) is 4.45. The molecule has 0 amide bonds. The molecule has 28 heavy (non-hydrogen) atoms. The van der Waals surface area contributed by atoms with Gasteiger partial charge in [-0.05, 0) is 38.5 Å². The first-order chi connectivity index (χ1) is 13.3. The molecule has 1 fully saturated rings. The fourth-order valence-electron chi connectivity index (χ4n) is 4.12. The highest BCUT2D eigenvalue weighted by atomic mass is 79.9. The number of aromatic nitrogens is 2. The van der Waals surface area contributed by atoms with Gasteiger partial charge in [0.1, 0.15) is 12.4 Å². The minimum absolute atomic E-state index is 0.0999. The van der Waals surface area contributed by atoms with Gasteiger partial charge in [-0.1, -0.05) is 29.3 Å². The van der Waals surface area contributed by atoms with E-state index in [9.17, 15) is 14.7 Å². The second-order valence-electron chi connectivity index (χ2n) is 7.64. The topological polar surface area (TPSA) is 87.5 Å². The van der Waals surface area contributed by atoms with Crippen LogP contribution in [0.25, 0.3) is 10.9 Å². The van der Waals surface area contributed by atoms with E-state index >= 15 is 0 Å². The Balaban J connectivity index is 2.17. The molecule has 1 aromatic heterocycles. The first kappa shape index (κ1) is 21.0. The zero-order chi connectivity index (χ0) is 20.4. The van der Waals surface area contributed by atoms with Gasteiger partial charge in [0, 0.05) is 29.6 Å². The molecule has 152 valence electrons. The van der Waals surface area contributed by atoms with E-state index in [-0.39, 0.29) is 18.1 Å². The number of aliphatic carboxylic acids is 1. The molecule has 0 spiro atoms. The molecule has 0 bridgehead atoms. The van der Waals surface area contributed by atoms with Crippen molar-refractivity contribution in [1.82, 2.24) is 19.8 Å². The summed E-state index contributed by atoms with van der Waals surface area (Å²) in [6.45, 7) is 7.65. The lowest BCUT2D eigenvalue weighted by Crippen LogP contribution is -2.55. The maximum Gasteiger partial charge on any atom is 0.323 e. The maximum absolute atomic E-state index is 13.2. The zero-order valence-electron chi connectivity index (χ0n) is 16.5. The molecule has 3 atom stereocenters. The van der Waals surface area contributed by atoms with Crippen LogP contribution in [0.3, 0.4) is 0 Å². The number of hydrogen-bond donors (Lipinski definition) is 2.